The number of nitrogens with zero attached hydrogens (tertiary/aromatic N) is 2. The van der Waals surface area contributed by atoms with E-state index in [-0.39, 0.29) is 0 Å². The lowest BCUT2D eigenvalue weighted by Crippen LogP contribution is -1.94. The predicted molar refractivity (Wildman–Crippen MR) is 83.5 cm³/mol. The molecule has 2 heterocycles. The van der Waals surface area contributed by atoms with Crippen molar-refractivity contribution in [3.05, 3.63) is 29.6 Å². The van der Waals surface area contributed by atoms with E-state index in [0.29, 0.717) is 11.4 Å². The zero-order valence-electron chi connectivity index (χ0n) is 10.3. The highest BCUT2D eigenvalue weighted by Crippen LogP contribution is 2.36. The van der Waals surface area contributed by atoms with Crippen molar-refractivity contribution >= 4 is 44.7 Å². The highest BCUT2D eigenvalue weighted by molar-refractivity contribution is 7.98. The van der Waals surface area contributed by atoms with Crippen LogP contribution >= 0.6 is 23.1 Å². The smallest absolute Gasteiger partial charge is 0.189 e. The molecule has 0 atom stereocenters. The normalized spacial score (nSPS) is 11.0. The third-order valence-corrected chi connectivity index (χ3v) is 4.22. The molecule has 0 saturated carbocycles. The minimum atomic E-state index is 0.712. The average Bonchev–Trinajstić information content (AvgIpc) is 2.79. The van der Waals surface area contributed by atoms with Gasteiger partial charge < -0.3 is 11.5 Å². The number of thiophene rings is 1. The number of nitrogen functional groups attached to an aromatic ring is 2. The van der Waals surface area contributed by atoms with Crippen molar-refractivity contribution in [2.75, 3.05) is 17.7 Å². The summed E-state index contributed by atoms with van der Waals surface area (Å²) in [6.07, 6.45) is 1.96. The van der Waals surface area contributed by atoms with Crippen LogP contribution in [0.1, 0.15) is 0 Å². The summed E-state index contributed by atoms with van der Waals surface area (Å²) in [6.45, 7) is 0. The molecule has 19 heavy (non-hydrogen) atoms. The highest BCUT2D eigenvalue weighted by Gasteiger charge is 2.13. The summed E-state index contributed by atoms with van der Waals surface area (Å²) in [5, 5.41) is 3.55. The third-order valence-electron chi connectivity index (χ3n) is 2.78. The average molecular weight is 288 g/mol. The summed E-state index contributed by atoms with van der Waals surface area (Å²) in [5.74, 6) is 0. The molecule has 0 unspecified atom stereocenters. The maximum atomic E-state index is 6.04. The molecule has 0 fully saturated rings. The predicted octanol–water partition coefficient (Wildman–Crippen LogP) is 3.24. The summed E-state index contributed by atoms with van der Waals surface area (Å²) in [4.78, 5) is 9.98. The molecule has 3 rings (SSSR count). The van der Waals surface area contributed by atoms with Gasteiger partial charge in [-0.3, -0.25) is 0 Å². The number of anilines is 2. The Hall–Kier alpha value is -1.79. The molecule has 0 saturated heterocycles. The zero-order valence-corrected chi connectivity index (χ0v) is 11.9. The minimum Gasteiger partial charge on any atom is -0.399 e. The van der Waals surface area contributed by atoms with Crippen LogP contribution in [0.3, 0.4) is 0 Å². The second-order valence-electron chi connectivity index (χ2n) is 4.06. The van der Waals surface area contributed by atoms with E-state index in [9.17, 15) is 0 Å². The van der Waals surface area contributed by atoms with Crippen LogP contribution in [0.25, 0.3) is 21.5 Å². The van der Waals surface area contributed by atoms with Crippen LogP contribution in [-0.2, 0) is 0 Å². The maximum Gasteiger partial charge on any atom is 0.189 e. The van der Waals surface area contributed by atoms with Crippen molar-refractivity contribution < 1.29 is 0 Å². The summed E-state index contributed by atoms with van der Waals surface area (Å²) in [6, 6.07) is 7.66. The van der Waals surface area contributed by atoms with E-state index in [1.165, 1.54) is 23.1 Å². The zero-order chi connectivity index (χ0) is 13.4. The molecular formula is C13H12N4S2. The van der Waals surface area contributed by atoms with Crippen molar-refractivity contribution in [1.29, 1.82) is 0 Å². The first-order valence-electron chi connectivity index (χ1n) is 5.63. The van der Waals surface area contributed by atoms with Gasteiger partial charge >= 0.3 is 0 Å². The lowest BCUT2D eigenvalue weighted by Gasteiger charge is -2.06. The number of aromatic nitrogens is 2. The van der Waals surface area contributed by atoms with Crippen molar-refractivity contribution in [3.8, 4) is 11.3 Å². The van der Waals surface area contributed by atoms with E-state index >= 15 is 0 Å². The number of hydrogen-bond acceptors (Lipinski definition) is 6. The number of hydrogen-bond donors (Lipinski definition) is 2. The first-order valence-corrected chi connectivity index (χ1v) is 7.74. The topological polar surface area (TPSA) is 77.8 Å². The van der Waals surface area contributed by atoms with E-state index in [1.54, 1.807) is 0 Å². The quantitative estimate of drug-likeness (QED) is 0.430. The molecule has 96 valence electrons. The fraction of sp³-hybridized carbons (Fsp3) is 0.0769. The molecule has 0 bridgehead atoms. The second kappa shape index (κ2) is 4.71. The first-order chi connectivity index (χ1) is 9.19. The van der Waals surface area contributed by atoms with E-state index in [1.807, 2.05) is 35.9 Å². The van der Waals surface area contributed by atoms with Crippen LogP contribution in [0.4, 0.5) is 11.4 Å². The van der Waals surface area contributed by atoms with E-state index < -0.39 is 0 Å². The minimum absolute atomic E-state index is 0.712. The lowest BCUT2D eigenvalue weighted by atomic mass is 10.1. The Balaban J connectivity index is 2.34. The van der Waals surface area contributed by atoms with E-state index in [4.69, 9.17) is 11.5 Å². The van der Waals surface area contributed by atoms with Crippen LogP contribution in [0.5, 0.6) is 0 Å². The summed E-state index contributed by atoms with van der Waals surface area (Å²) in [7, 11) is 0. The Morgan fingerprint density at radius 1 is 1.21 bits per heavy atom. The van der Waals surface area contributed by atoms with Gasteiger partial charge in [0.05, 0.1) is 16.8 Å². The summed E-state index contributed by atoms with van der Waals surface area (Å²) >= 11 is 3.05. The fourth-order valence-corrected chi connectivity index (χ4v) is 3.18. The lowest BCUT2D eigenvalue weighted by molar-refractivity contribution is 1.02. The van der Waals surface area contributed by atoms with Crippen molar-refractivity contribution in [2.24, 2.45) is 0 Å². The van der Waals surface area contributed by atoms with Gasteiger partial charge in [0.2, 0.25) is 0 Å². The van der Waals surface area contributed by atoms with Crippen molar-refractivity contribution in [1.82, 2.24) is 9.97 Å². The number of thioether (sulfide) groups is 1. The standard InChI is InChI=1S/C13H12N4S2/c1-18-13-16-11(7-3-2-4-8(14)5-7)10-9(15)6-19-12(10)17-13/h2-6H,14-15H2,1H3. The summed E-state index contributed by atoms with van der Waals surface area (Å²) in [5.41, 5.74) is 15.1. The molecule has 3 aromatic rings. The SMILES string of the molecule is CSc1nc(-c2cccc(N)c2)c2c(N)csc2n1. The molecule has 0 radical (unpaired) electrons. The molecule has 0 spiro atoms. The second-order valence-corrected chi connectivity index (χ2v) is 5.69. The molecule has 0 amide bonds. The molecule has 0 aliphatic rings. The molecule has 0 aliphatic heterocycles. The van der Waals surface area contributed by atoms with Crippen LogP contribution in [0.2, 0.25) is 0 Å². The van der Waals surface area contributed by atoms with Crippen LogP contribution in [-0.4, -0.2) is 16.2 Å². The Morgan fingerprint density at radius 3 is 2.79 bits per heavy atom. The Labute approximate surface area is 118 Å². The van der Waals surface area contributed by atoms with Gasteiger partial charge in [-0.1, -0.05) is 23.9 Å². The van der Waals surface area contributed by atoms with Gasteiger partial charge in [-0.2, -0.15) is 0 Å². The monoisotopic (exact) mass is 288 g/mol. The number of benzene rings is 1. The van der Waals surface area contributed by atoms with Crippen molar-refractivity contribution in [2.45, 2.75) is 5.16 Å². The third kappa shape index (κ3) is 2.13. The number of nitrogens with two attached hydrogens (primary N) is 2. The van der Waals surface area contributed by atoms with E-state index in [2.05, 4.69) is 9.97 Å². The summed E-state index contributed by atoms with van der Waals surface area (Å²) < 4.78 is 0. The van der Waals surface area contributed by atoms with Crippen LogP contribution < -0.4 is 11.5 Å². The van der Waals surface area contributed by atoms with Crippen LogP contribution in [0.15, 0.2) is 34.8 Å². The van der Waals surface area contributed by atoms with Gasteiger partial charge in [0.1, 0.15) is 4.83 Å². The Morgan fingerprint density at radius 2 is 2.05 bits per heavy atom. The Kier molecular flexibility index (Phi) is 3.04. The molecule has 2 aromatic heterocycles. The van der Waals surface area contributed by atoms with Crippen LogP contribution in [0, 0.1) is 0 Å². The highest BCUT2D eigenvalue weighted by atomic mass is 32.2. The van der Waals surface area contributed by atoms with E-state index in [0.717, 1.165) is 26.6 Å². The number of rotatable bonds is 2. The molecular weight excluding hydrogens is 276 g/mol. The van der Waals surface area contributed by atoms with Gasteiger partial charge in [0, 0.05) is 16.6 Å². The molecule has 6 heteroatoms. The largest absolute Gasteiger partial charge is 0.399 e. The number of fused-ring (bicyclic) bond motifs is 1. The van der Waals surface area contributed by atoms with Crippen molar-refractivity contribution in [3.63, 3.8) is 0 Å². The van der Waals surface area contributed by atoms with Gasteiger partial charge in [0.25, 0.3) is 0 Å². The molecule has 4 nitrogen and oxygen atoms in total. The van der Waals surface area contributed by atoms with Gasteiger partial charge in [-0.25, -0.2) is 9.97 Å². The first kappa shape index (κ1) is 12.3. The molecule has 0 aliphatic carbocycles. The Bertz CT molecular complexity index is 751. The van der Waals surface area contributed by atoms with Gasteiger partial charge in [-0.15, -0.1) is 11.3 Å². The van der Waals surface area contributed by atoms with Gasteiger partial charge in [-0.05, 0) is 18.4 Å². The fourth-order valence-electron chi connectivity index (χ4n) is 1.93. The maximum absolute atomic E-state index is 6.04. The molecule has 4 N–H and O–H groups in total. The van der Waals surface area contributed by atoms with Gasteiger partial charge in [0.15, 0.2) is 5.16 Å². The molecule has 1 aromatic carbocycles.